The van der Waals surface area contributed by atoms with Crippen molar-refractivity contribution in [2.24, 2.45) is 0 Å². The van der Waals surface area contributed by atoms with Crippen LogP contribution in [-0.4, -0.2) is 17.9 Å². The number of nitrogens with zero attached hydrogens (tertiary/aromatic N) is 1. The van der Waals surface area contributed by atoms with E-state index in [4.69, 9.17) is 0 Å². The summed E-state index contributed by atoms with van der Waals surface area (Å²) in [7, 11) is 0. The van der Waals surface area contributed by atoms with Crippen molar-refractivity contribution in [2.45, 2.75) is 44.2 Å². The van der Waals surface area contributed by atoms with Crippen LogP contribution in [0.2, 0.25) is 0 Å². The molecule has 1 saturated carbocycles. The van der Waals surface area contributed by atoms with Gasteiger partial charge in [-0.2, -0.15) is 0 Å². The van der Waals surface area contributed by atoms with Crippen molar-refractivity contribution in [2.75, 3.05) is 4.90 Å². The summed E-state index contributed by atoms with van der Waals surface area (Å²) in [5.74, 6) is -0.165. The Kier molecular flexibility index (Phi) is 6.42. The second-order valence-electron chi connectivity index (χ2n) is 7.26. The molecular formula is C23H24N2O2S2. The van der Waals surface area contributed by atoms with Crippen molar-refractivity contribution in [3.63, 3.8) is 0 Å². The Morgan fingerprint density at radius 3 is 2.34 bits per heavy atom. The molecular weight excluding hydrogens is 400 g/mol. The number of benzene rings is 1. The number of rotatable bonds is 7. The minimum atomic E-state index is -0.662. The van der Waals surface area contributed by atoms with Gasteiger partial charge < -0.3 is 5.32 Å². The van der Waals surface area contributed by atoms with Crippen LogP contribution in [0.4, 0.5) is 5.69 Å². The molecule has 0 spiro atoms. The van der Waals surface area contributed by atoms with Crippen LogP contribution in [0.15, 0.2) is 65.4 Å². The zero-order valence-corrected chi connectivity index (χ0v) is 17.8. The van der Waals surface area contributed by atoms with Crippen molar-refractivity contribution in [3.05, 3.63) is 75.1 Å². The van der Waals surface area contributed by atoms with E-state index >= 15 is 0 Å². The minimum Gasteiger partial charge on any atom is -0.351 e. The van der Waals surface area contributed by atoms with Crippen LogP contribution in [-0.2, 0) is 16.0 Å². The van der Waals surface area contributed by atoms with Crippen molar-refractivity contribution >= 4 is 40.2 Å². The number of para-hydroxylation sites is 1. The van der Waals surface area contributed by atoms with Gasteiger partial charge in [-0.1, -0.05) is 43.2 Å². The maximum absolute atomic E-state index is 13.4. The zero-order chi connectivity index (χ0) is 20.1. The van der Waals surface area contributed by atoms with Crippen LogP contribution >= 0.6 is 22.7 Å². The monoisotopic (exact) mass is 424 g/mol. The van der Waals surface area contributed by atoms with Gasteiger partial charge in [-0.05, 0) is 47.9 Å². The first kappa shape index (κ1) is 19.9. The van der Waals surface area contributed by atoms with Gasteiger partial charge in [0.05, 0.1) is 6.42 Å². The molecule has 1 aromatic carbocycles. The molecule has 0 radical (unpaired) electrons. The molecule has 1 aliphatic carbocycles. The number of carbonyl (C=O) groups is 2. The van der Waals surface area contributed by atoms with Gasteiger partial charge in [-0.25, -0.2) is 0 Å². The molecule has 2 heterocycles. The third-order valence-corrected chi connectivity index (χ3v) is 7.03. The van der Waals surface area contributed by atoms with E-state index in [-0.39, 0.29) is 24.3 Å². The molecule has 4 rings (SSSR count). The molecule has 2 amide bonds. The third kappa shape index (κ3) is 4.77. The van der Waals surface area contributed by atoms with E-state index in [2.05, 4.69) is 5.32 Å². The summed E-state index contributed by atoms with van der Waals surface area (Å²) >= 11 is 3.08. The lowest BCUT2D eigenvalue weighted by molar-refractivity contribution is -0.126. The normalized spacial score (nSPS) is 15.2. The smallest absolute Gasteiger partial charge is 0.248 e. The van der Waals surface area contributed by atoms with Crippen LogP contribution in [0, 0.1) is 0 Å². The zero-order valence-electron chi connectivity index (χ0n) is 16.1. The van der Waals surface area contributed by atoms with Gasteiger partial charge in [0.25, 0.3) is 0 Å². The fraction of sp³-hybridized carbons (Fsp3) is 0.304. The van der Waals surface area contributed by atoms with Gasteiger partial charge in [-0.3, -0.25) is 14.5 Å². The Hall–Kier alpha value is -2.44. The first-order chi connectivity index (χ1) is 14.2. The molecule has 4 nitrogen and oxygen atoms in total. The number of thiophene rings is 2. The molecule has 0 saturated heterocycles. The van der Waals surface area contributed by atoms with Crippen LogP contribution in [0.1, 0.15) is 41.5 Å². The summed E-state index contributed by atoms with van der Waals surface area (Å²) in [6.07, 6.45) is 4.60. The maximum atomic E-state index is 13.4. The summed E-state index contributed by atoms with van der Waals surface area (Å²) in [6, 6.07) is 16.9. The standard InChI is InChI=1S/C23H24N2O2S2/c26-21(16-19-12-6-14-28-19)25(18-10-2-1-3-11-18)22(20-13-7-15-29-20)23(27)24-17-8-4-5-9-17/h1-3,6-7,10-15,17,22H,4-5,8-9,16H2,(H,24,27)/t22-/m0/s1. The summed E-state index contributed by atoms with van der Waals surface area (Å²) in [4.78, 5) is 30.4. The summed E-state index contributed by atoms with van der Waals surface area (Å²) in [5.41, 5.74) is 0.744. The van der Waals surface area contributed by atoms with E-state index in [1.807, 2.05) is 65.4 Å². The first-order valence-corrected chi connectivity index (χ1v) is 11.7. The maximum Gasteiger partial charge on any atom is 0.248 e. The van der Waals surface area contributed by atoms with E-state index in [0.717, 1.165) is 41.1 Å². The molecule has 1 fully saturated rings. The van der Waals surface area contributed by atoms with Crippen LogP contribution < -0.4 is 10.2 Å². The molecule has 150 valence electrons. The van der Waals surface area contributed by atoms with Crippen molar-refractivity contribution < 1.29 is 9.59 Å². The quantitative estimate of drug-likeness (QED) is 0.568. The predicted molar refractivity (Wildman–Crippen MR) is 119 cm³/mol. The lowest BCUT2D eigenvalue weighted by Gasteiger charge is -2.31. The highest BCUT2D eigenvalue weighted by atomic mass is 32.1. The molecule has 1 aliphatic rings. The number of hydrogen-bond donors (Lipinski definition) is 1. The van der Waals surface area contributed by atoms with E-state index in [1.165, 1.54) is 11.3 Å². The Morgan fingerprint density at radius 2 is 1.69 bits per heavy atom. The van der Waals surface area contributed by atoms with Gasteiger partial charge in [0.15, 0.2) is 0 Å². The van der Waals surface area contributed by atoms with Gasteiger partial charge in [0.1, 0.15) is 6.04 Å². The fourth-order valence-corrected chi connectivity index (χ4v) is 5.35. The minimum absolute atomic E-state index is 0.0707. The lowest BCUT2D eigenvalue weighted by Crippen LogP contribution is -2.46. The number of amides is 2. The van der Waals surface area contributed by atoms with Gasteiger partial charge in [0.2, 0.25) is 11.8 Å². The van der Waals surface area contributed by atoms with E-state index < -0.39 is 6.04 Å². The highest BCUT2D eigenvalue weighted by molar-refractivity contribution is 7.10. The van der Waals surface area contributed by atoms with Gasteiger partial charge in [0, 0.05) is 21.5 Å². The largest absolute Gasteiger partial charge is 0.351 e. The summed E-state index contributed by atoms with van der Waals surface area (Å²) in [5, 5.41) is 7.14. The number of anilines is 1. The number of nitrogens with one attached hydrogen (secondary N) is 1. The van der Waals surface area contributed by atoms with Gasteiger partial charge >= 0.3 is 0 Å². The fourth-order valence-electron chi connectivity index (χ4n) is 3.84. The summed E-state index contributed by atoms with van der Waals surface area (Å²) in [6.45, 7) is 0. The van der Waals surface area contributed by atoms with Crippen LogP contribution in [0.25, 0.3) is 0 Å². The molecule has 1 N–H and O–H groups in total. The summed E-state index contributed by atoms with van der Waals surface area (Å²) < 4.78 is 0. The van der Waals surface area contributed by atoms with Crippen LogP contribution in [0.3, 0.4) is 0 Å². The molecule has 29 heavy (non-hydrogen) atoms. The highest BCUT2D eigenvalue weighted by Crippen LogP contribution is 2.32. The second-order valence-corrected chi connectivity index (χ2v) is 9.27. The molecule has 2 aromatic heterocycles. The molecule has 0 aliphatic heterocycles. The molecule has 0 bridgehead atoms. The van der Waals surface area contributed by atoms with Gasteiger partial charge in [-0.15, -0.1) is 22.7 Å². The van der Waals surface area contributed by atoms with Crippen molar-refractivity contribution in [1.82, 2.24) is 5.32 Å². The van der Waals surface area contributed by atoms with Crippen molar-refractivity contribution in [1.29, 1.82) is 0 Å². The third-order valence-electron chi connectivity index (χ3n) is 5.23. The van der Waals surface area contributed by atoms with E-state index in [1.54, 1.807) is 16.2 Å². The molecule has 3 aromatic rings. The van der Waals surface area contributed by atoms with Crippen molar-refractivity contribution in [3.8, 4) is 0 Å². The first-order valence-electron chi connectivity index (χ1n) is 9.95. The topological polar surface area (TPSA) is 49.4 Å². The Labute approximate surface area is 179 Å². The average Bonchev–Trinajstić information content (AvgIpc) is 3.50. The molecule has 1 atom stereocenters. The number of carbonyl (C=O) groups excluding carboxylic acids is 2. The lowest BCUT2D eigenvalue weighted by atomic mass is 10.1. The average molecular weight is 425 g/mol. The van der Waals surface area contributed by atoms with E-state index in [9.17, 15) is 9.59 Å². The predicted octanol–water partition coefficient (Wildman–Crippen LogP) is 5.19. The Bertz CT molecular complexity index is 917. The SMILES string of the molecule is O=C(NC1CCCC1)[C@H](c1cccs1)N(C(=O)Cc1cccs1)c1ccccc1. The van der Waals surface area contributed by atoms with Crippen LogP contribution in [0.5, 0.6) is 0 Å². The molecule has 0 unspecified atom stereocenters. The Balaban J connectivity index is 1.69. The Morgan fingerprint density at radius 1 is 0.966 bits per heavy atom. The second kappa shape index (κ2) is 9.37. The number of hydrogen-bond acceptors (Lipinski definition) is 4. The molecule has 6 heteroatoms. The highest BCUT2D eigenvalue weighted by Gasteiger charge is 2.34. The van der Waals surface area contributed by atoms with E-state index in [0.29, 0.717) is 0 Å².